The molecule has 0 aliphatic heterocycles. The highest BCUT2D eigenvalue weighted by molar-refractivity contribution is 7.71. The maximum Gasteiger partial charge on any atom is 0.408 e. The lowest BCUT2D eigenvalue weighted by Crippen LogP contribution is -2.25. The van der Waals surface area contributed by atoms with E-state index in [1.165, 1.54) is 0 Å². The lowest BCUT2D eigenvalue weighted by atomic mass is 10.3. The van der Waals surface area contributed by atoms with Gasteiger partial charge in [-0.15, -0.1) is 0 Å². The molecule has 1 atom stereocenters. The van der Waals surface area contributed by atoms with Gasteiger partial charge < -0.3 is 5.11 Å². The Bertz CT molecular complexity index is 369. The zero-order valence-corrected chi connectivity index (χ0v) is 7.98. The van der Waals surface area contributed by atoms with Gasteiger partial charge in [-0.3, -0.25) is 9.67 Å². The number of halogens is 3. The minimum absolute atomic E-state index is 0.125. The molecule has 1 rings (SSSR count). The van der Waals surface area contributed by atoms with Crippen molar-refractivity contribution < 1.29 is 18.3 Å². The third-order valence-corrected chi connectivity index (χ3v) is 2.07. The standard InChI is InChI=1S/C6H8F3N3OS/c1-3(6(7,8)9)12-4(2-13)10-11-5(12)14/h3,13H,2H2,1H3,(H,11,14). The fourth-order valence-electron chi connectivity index (χ4n) is 0.995. The molecule has 0 spiro atoms. The highest BCUT2D eigenvalue weighted by atomic mass is 32.1. The molecule has 0 saturated carbocycles. The summed E-state index contributed by atoms with van der Waals surface area (Å²) in [5, 5.41) is 14.4. The van der Waals surface area contributed by atoms with E-state index in [0.29, 0.717) is 0 Å². The molecule has 0 amide bonds. The predicted molar refractivity (Wildman–Crippen MR) is 44.1 cm³/mol. The minimum Gasteiger partial charge on any atom is -0.388 e. The van der Waals surface area contributed by atoms with Crippen molar-refractivity contribution in [2.75, 3.05) is 0 Å². The molecular formula is C6H8F3N3OS. The quantitative estimate of drug-likeness (QED) is 0.754. The van der Waals surface area contributed by atoms with Crippen molar-refractivity contribution in [1.82, 2.24) is 14.8 Å². The molecule has 1 aromatic heterocycles. The number of alkyl halides is 3. The second kappa shape index (κ2) is 3.70. The number of hydrogen-bond acceptors (Lipinski definition) is 3. The topological polar surface area (TPSA) is 53.8 Å². The van der Waals surface area contributed by atoms with Crippen molar-refractivity contribution in [2.45, 2.75) is 25.7 Å². The van der Waals surface area contributed by atoms with Crippen molar-refractivity contribution in [3.8, 4) is 0 Å². The molecule has 4 nitrogen and oxygen atoms in total. The van der Waals surface area contributed by atoms with E-state index in [1.807, 2.05) is 0 Å². The van der Waals surface area contributed by atoms with Gasteiger partial charge >= 0.3 is 6.18 Å². The maximum absolute atomic E-state index is 12.3. The van der Waals surface area contributed by atoms with Crippen LogP contribution in [0.4, 0.5) is 13.2 Å². The number of nitrogens with one attached hydrogen (secondary N) is 1. The number of hydrogen-bond donors (Lipinski definition) is 2. The van der Waals surface area contributed by atoms with Gasteiger partial charge in [0.15, 0.2) is 10.6 Å². The SMILES string of the molecule is CC(n1c(CO)n[nH]c1=S)C(F)(F)F. The van der Waals surface area contributed by atoms with Crippen LogP contribution in [0.15, 0.2) is 0 Å². The molecule has 8 heteroatoms. The molecule has 1 heterocycles. The number of rotatable bonds is 2. The Kier molecular flexibility index (Phi) is 2.95. The van der Waals surface area contributed by atoms with Crippen molar-refractivity contribution in [2.24, 2.45) is 0 Å². The number of H-pyrrole nitrogens is 1. The average molecular weight is 227 g/mol. The first-order valence-electron chi connectivity index (χ1n) is 3.71. The van der Waals surface area contributed by atoms with Crippen LogP contribution in [0.25, 0.3) is 0 Å². The van der Waals surface area contributed by atoms with Gasteiger partial charge in [0.25, 0.3) is 0 Å². The Hall–Kier alpha value is -0.890. The zero-order chi connectivity index (χ0) is 10.9. The van der Waals surface area contributed by atoms with E-state index < -0.39 is 18.8 Å². The number of nitrogens with zero attached hydrogens (tertiary/aromatic N) is 2. The summed E-state index contributed by atoms with van der Waals surface area (Å²) >= 11 is 4.62. The summed E-state index contributed by atoms with van der Waals surface area (Å²) in [6.45, 7) is 0.359. The first-order valence-corrected chi connectivity index (χ1v) is 4.12. The number of aliphatic hydroxyl groups is 1. The fraction of sp³-hybridized carbons (Fsp3) is 0.667. The van der Waals surface area contributed by atoms with E-state index in [4.69, 9.17) is 5.11 Å². The van der Waals surface area contributed by atoms with Gasteiger partial charge in [0, 0.05) is 0 Å². The van der Waals surface area contributed by atoms with Gasteiger partial charge in [-0.25, -0.2) is 0 Å². The van der Waals surface area contributed by atoms with Crippen molar-refractivity contribution in [3.63, 3.8) is 0 Å². The van der Waals surface area contributed by atoms with Crippen molar-refractivity contribution >= 4 is 12.2 Å². The summed E-state index contributed by atoms with van der Waals surface area (Å²) in [5.74, 6) is -0.125. The van der Waals surface area contributed by atoms with Gasteiger partial charge in [-0.05, 0) is 19.1 Å². The average Bonchev–Trinajstić information content (AvgIpc) is 2.43. The Labute approximate surface area is 82.4 Å². The third-order valence-electron chi connectivity index (χ3n) is 1.78. The molecule has 0 fully saturated rings. The first-order chi connectivity index (χ1) is 6.38. The largest absolute Gasteiger partial charge is 0.408 e. The van der Waals surface area contributed by atoms with Crippen molar-refractivity contribution in [1.29, 1.82) is 0 Å². The molecule has 1 unspecified atom stereocenters. The normalized spacial score (nSPS) is 14.4. The van der Waals surface area contributed by atoms with Gasteiger partial charge in [0.05, 0.1) is 0 Å². The number of aromatic amines is 1. The zero-order valence-electron chi connectivity index (χ0n) is 7.17. The second-order valence-corrected chi connectivity index (χ2v) is 3.08. The molecule has 0 saturated heterocycles. The summed E-state index contributed by atoms with van der Waals surface area (Å²) in [7, 11) is 0. The lowest BCUT2D eigenvalue weighted by molar-refractivity contribution is -0.164. The van der Waals surface area contributed by atoms with Gasteiger partial charge in [0.1, 0.15) is 12.6 Å². The highest BCUT2D eigenvalue weighted by Gasteiger charge is 2.38. The van der Waals surface area contributed by atoms with E-state index in [2.05, 4.69) is 22.4 Å². The number of aliphatic hydroxyl groups excluding tert-OH is 1. The number of aromatic nitrogens is 3. The van der Waals surface area contributed by atoms with Crippen LogP contribution < -0.4 is 0 Å². The Morgan fingerprint density at radius 1 is 1.64 bits per heavy atom. The molecule has 0 bridgehead atoms. The van der Waals surface area contributed by atoms with Crippen LogP contribution in [-0.4, -0.2) is 26.0 Å². The van der Waals surface area contributed by atoms with Crippen LogP contribution >= 0.6 is 12.2 Å². The summed E-state index contributed by atoms with van der Waals surface area (Å²) in [6, 6.07) is -1.80. The predicted octanol–water partition coefficient (Wildman–Crippen LogP) is 1.56. The third kappa shape index (κ3) is 1.95. The smallest absolute Gasteiger partial charge is 0.388 e. The molecule has 1 aromatic rings. The minimum atomic E-state index is -4.41. The van der Waals surface area contributed by atoms with E-state index in [-0.39, 0.29) is 10.6 Å². The van der Waals surface area contributed by atoms with Gasteiger partial charge in [0.2, 0.25) is 0 Å². The van der Waals surface area contributed by atoms with Crippen LogP contribution in [0.5, 0.6) is 0 Å². The van der Waals surface area contributed by atoms with Gasteiger partial charge in [-0.2, -0.15) is 18.3 Å². The fourth-order valence-corrected chi connectivity index (χ4v) is 1.30. The van der Waals surface area contributed by atoms with Crippen molar-refractivity contribution in [3.05, 3.63) is 10.6 Å². The molecule has 0 aliphatic carbocycles. The molecule has 0 aliphatic rings. The summed E-state index contributed by atoms with van der Waals surface area (Å²) < 4.78 is 37.5. The summed E-state index contributed by atoms with van der Waals surface area (Å²) in [6.07, 6.45) is -4.41. The Morgan fingerprint density at radius 3 is 2.64 bits per heavy atom. The molecule has 80 valence electrons. The highest BCUT2D eigenvalue weighted by Crippen LogP contribution is 2.30. The molecule has 2 N–H and O–H groups in total. The summed E-state index contributed by atoms with van der Waals surface area (Å²) in [4.78, 5) is 0. The maximum atomic E-state index is 12.3. The van der Waals surface area contributed by atoms with E-state index >= 15 is 0 Å². The lowest BCUT2D eigenvalue weighted by Gasteiger charge is -2.17. The van der Waals surface area contributed by atoms with Gasteiger partial charge in [-0.1, -0.05) is 0 Å². The van der Waals surface area contributed by atoms with E-state index in [1.54, 1.807) is 0 Å². The second-order valence-electron chi connectivity index (χ2n) is 2.69. The molecular weight excluding hydrogens is 219 g/mol. The molecule has 14 heavy (non-hydrogen) atoms. The van der Waals surface area contributed by atoms with E-state index in [0.717, 1.165) is 11.5 Å². The molecule has 0 radical (unpaired) electrons. The van der Waals surface area contributed by atoms with Crippen LogP contribution in [0.1, 0.15) is 18.8 Å². The Balaban J connectivity index is 3.17. The van der Waals surface area contributed by atoms with Crippen LogP contribution in [0, 0.1) is 4.77 Å². The summed E-state index contributed by atoms with van der Waals surface area (Å²) in [5.41, 5.74) is 0. The van der Waals surface area contributed by atoms with Crippen LogP contribution in [0.3, 0.4) is 0 Å². The molecule has 0 aromatic carbocycles. The Morgan fingerprint density at radius 2 is 2.21 bits per heavy atom. The van der Waals surface area contributed by atoms with Crippen LogP contribution in [0.2, 0.25) is 0 Å². The van der Waals surface area contributed by atoms with E-state index in [9.17, 15) is 13.2 Å². The van der Waals surface area contributed by atoms with Crippen LogP contribution in [-0.2, 0) is 6.61 Å². The monoisotopic (exact) mass is 227 g/mol. The first kappa shape index (κ1) is 11.2.